The van der Waals surface area contributed by atoms with E-state index in [1.54, 1.807) is 0 Å². The van der Waals surface area contributed by atoms with Gasteiger partial charge in [-0.05, 0) is 37.6 Å². The third kappa shape index (κ3) is 2.07. The molecule has 0 aromatic heterocycles. The van der Waals surface area contributed by atoms with E-state index in [0.717, 1.165) is 17.9 Å². The van der Waals surface area contributed by atoms with Gasteiger partial charge in [0, 0.05) is 12.6 Å². The summed E-state index contributed by atoms with van der Waals surface area (Å²) in [6.45, 7) is 7.59. The lowest BCUT2D eigenvalue weighted by Gasteiger charge is -2.36. The van der Waals surface area contributed by atoms with Gasteiger partial charge in [0.1, 0.15) is 0 Å². The molecule has 1 heteroatoms. The predicted octanol–water partition coefficient (Wildman–Crippen LogP) is 2.91. The van der Waals surface area contributed by atoms with Crippen LogP contribution in [0.2, 0.25) is 0 Å². The predicted molar refractivity (Wildman–Crippen MR) is 56.8 cm³/mol. The van der Waals surface area contributed by atoms with Crippen LogP contribution in [-0.2, 0) is 0 Å². The Hall–Kier alpha value is -0.0400. The molecule has 1 saturated carbocycles. The smallest absolute Gasteiger partial charge is 0.0121 e. The molecule has 3 unspecified atom stereocenters. The molecule has 0 aromatic rings. The quantitative estimate of drug-likeness (QED) is 0.601. The van der Waals surface area contributed by atoms with Crippen molar-refractivity contribution >= 4 is 0 Å². The highest BCUT2D eigenvalue weighted by atomic mass is 15.2. The highest BCUT2D eigenvalue weighted by Crippen LogP contribution is 2.31. The van der Waals surface area contributed by atoms with Crippen molar-refractivity contribution in [3.8, 4) is 0 Å². The Labute approximate surface area is 82.5 Å². The van der Waals surface area contributed by atoms with Crippen LogP contribution >= 0.6 is 0 Å². The minimum atomic E-state index is 0.929. The van der Waals surface area contributed by atoms with Crippen molar-refractivity contribution in [2.45, 2.75) is 52.0 Å². The number of nitrogens with zero attached hydrogens (tertiary/aromatic N) is 1. The molecule has 1 nitrogen and oxygen atoms in total. The lowest BCUT2D eigenvalue weighted by atomic mass is 9.85. The summed E-state index contributed by atoms with van der Waals surface area (Å²) in [4.78, 5) is 2.76. The van der Waals surface area contributed by atoms with Crippen LogP contribution < -0.4 is 0 Å². The largest absolute Gasteiger partial charge is 0.300 e. The molecular formula is C12H23N. The molecule has 76 valence electrons. The lowest BCUT2D eigenvalue weighted by molar-refractivity contribution is 0.135. The highest BCUT2D eigenvalue weighted by Gasteiger charge is 2.30. The van der Waals surface area contributed by atoms with Crippen LogP contribution in [0.5, 0.6) is 0 Å². The van der Waals surface area contributed by atoms with Crippen molar-refractivity contribution in [1.82, 2.24) is 4.90 Å². The summed E-state index contributed by atoms with van der Waals surface area (Å²) in [5, 5.41) is 0. The van der Waals surface area contributed by atoms with Crippen molar-refractivity contribution < 1.29 is 0 Å². The molecule has 2 fully saturated rings. The number of hydrogen-bond donors (Lipinski definition) is 0. The third-order valence-electron chi connectivity index (χ3n) is 3.99. The van der Waals surface area contributed by atoms with Crippen LogP contribution in [0, 0.1) is 11.8 Å². The fraction of sp³-hybridized carbons (Fsp3) is 1.00. The Kier molecular flexibility index (Phi) is 2.92. The molecule has 0 aromatic carbocycles. The normalized spacial score (nSPS) is 42.5. The van der Waals surface area contributed by atoms with Crippen molar-refractivity contribution in [2.75, 3.05) is 13.1 Å². The van der Waals surface area contributed by atoms with Crippen LogP contribution in [-0.4, -0.2) is 24.0 Å². The molecule has 1 saturated heterocycles. The summed E-state index contributed by atoms with van der Waals surface area (Å²) in [6.07, 6.45) is 7.31. The van der Waals surface area contributed by atoms with Crippen molar-refractivity contribution in [3.63, 3.8) is 0 Å². The SMILES string of the molecule is CC1CCN(C2CCCCC2C)C1. The van der Waals surface area contributed by atoms with E-state index < -0.39 is 0 Å². The number of hydrogen-bond acceptors (Lipinski definition) is 1. The second kappa shape index (κ2) is 4.00. The zero-order valence-corrected chi connectivity index (χ0v) is 9.13. The van der Waals surface area contributed by atoms with E-state index in [-0.39, 0.29) is 0 Å². The second-order valence-corrected chi connectivity index (χ2v) is 5.22. The van der Waals surface area contributed by atoms with Gasteiger partial charge in [-0.15, -0.1) is 0 Å². The van der Waals surface area contributed by atoms with Crippen LogP contribution in [0.4, 0.5) is 0 Å². The zero-order valence-electron chi connectivity index (χ0n) is 9.13. The maximum absolute atomic E-state index is 2.76. The molecule has 1 aliphatic heterocycles. The summed E-state index contributed by atoms with van der Waals surface area (Å²) in [6, 6.07) is 0.929. The van der Waals surface area contributed by atoms with Gasteiger partial charge in [0.15, 0.2) is 0 Å². The minimum Gasteiger partial charge on any atom is -0.300 e. The first kappa shape index (κ1) is 9.51. The first-order valence-corrected chi connectivity index (χ1v) is 6.01. The Balaban J connectivity index is 1.91. The van der Waals surface area contributed by atoms with Crippen LogP contribution in [0.15, 0.2) is 0 Å². The van der Waals surface area contributed by atoms with E-state index in [1.807, 2.05) is 0 Å². The monoisotopic (exact) mass is 181 g/mol. The van der Waals surface area contributed by atoms with Crippen LogP contribution in [0.3, 0.4) is 0 Å². The molecule has 0 N–H and O–H groups in total. The van der Waals surface area contributed by atoms with E-state index in [4.69, 9.17) is 0 Å². The number of rotatable bonds is 1. The van der Waals surface area contributed by atoms with Gasteiger partial charge in [-0.2, -0.15) is 0 Å². The molecule has 2 aliphatic rings. The van der Waals surface area contributed by atoms with Crippen LogP contribution in [0.25, 0.3) is 0 Å². The summed E-state index contributed by atoms with van der Waals surface area (Å²) >= 11 is 0. The fourth-order valence-electron chi connectivity index (χ4n) is 3.11. The van der Waals surface area contributed by atoms with Crippen LogP contribution in [0.1, 0.15) is 46.0 Å². The van der Waals surface area contributed by atoms with E-state index in [1.165, 1.54) is 45.2 Å². The Morgan fingerprint density at radius 2 is 1.77 bits per heavy atom. The average Bonchev–Trinajstić information content (AvgIpc) is 2.53. The second-order valence-electron chi connectivity index (χ2n) is 5.22. The minimum absolute atomic E-state index is 0.929. The van der Waals surface area contributed by atoms with E-state index in [9.17, 15) is 0 Å². The molecule has 3 atom stereocenters. The molecule has 0 bridgehead atoms. The Bertz CT molecular complexity index is 167. The van der Waals surface area contributed by atoms with E-state index in [0.29, 0.717) is 0 Å². The first-order chi connectivity index (χ1) is 6.27. The summed E-state index contributed by atoms with van der Waals surface area (Å²) in [5.41, 5.74) is 0. The molecule has 1 heterocycles. The van der Waals surface area contributed by atoms with Crippen molar-refractivity contribution in [3.05, 3.63) is 0 Å². The molecule has 0 amide bonds. The van der Waals surface area contributed by atoms with Gasteiger partial charge in [-0.1, -0.05) is 26.7 Å². The molecule has 13 heavy (non-hydrogen) atoms. The van der Waals surface area contributed by atoms with Gasteiger partial charge >= 0.3 is 0 Å². The maximum atomic E-state index is 2.76. The van der Waals surface area contributed by atoms with Gasteiger partial charge < -0.3 is 0 Å². The first-order valence-electron chi connectivity index (χ1n) is 6.01. The van der Waals surface area contributed by atoms with Gasteiger partial charge in [0.2, 0.25) is 0 Å². The highest BCUT2D eigenvalue weighted by molar-refractivity contribution is 4.85. The lowest BCUT2D eigenvalue weighted by Crippen LogP contribution is -2.39. The molecule has 0 spiro atoms. The topological polar surface area (TPSA) is 3.24 Å². The molecule has 2 rings (SSSR count). The van der Waals surface area contributed by atoms with Gasteiger partial charge in [0.05, 0.1) is 0 Å². The summed E-state index contributed by atoms with van der Waals surface area (Å²) < 4.78 is 0. The molecular weight excluding hydrogens is 158 g/mol. The Morgan fingerprint density at radius 3 is 2.38 bits per heavy atom. The maximum Gasteiger partial charge on any atom is 0.0121 e. The summed E-state index contributed by atoms with van der Waals surface area (Å²) in [5.74, 6) is 1.91. The van der Waals surface area contributed by atoms with Gasteiger partial charge in [0.25, 0.3) is 0 Å². The van der Waals surface area contributed by atoms with Crippen molar-refractivity contribution in [1.29, 1.82) is 0 Å². The van der Waals surface area contributed by atoms with E-state index >= 15 is 0 Å². The van der Waals surface area contributed by atoms with Gasteiger partial charge in [-0.25, -0.2) is 0 Å². The fourth-order valence-corrected chi connectivity index (χ4v) is 3.11. The number of likely N-dealkylation sites (tertiary alicyclic amines) is 1. The third-order valence-corrected chi connectivity index (χ3v) is 3.99. The molecule has 1 aliphatic carbocycles. The average molecular weight is 181 g/mol. The van der Waals surface area contributed by atoms with Crippen molar-refractivity contribution in [2.24, 2.45) is 11.8 Å². The Morgan fingerprint density at radius 1 is 1.00 bits per heavy atom. The molecule has 0 radical (unpaired) electrons. The standard InChI is InChI=1S/C12H23N/c1-10-7-8-13(9-10)12-6-4-3-5-11(12)2/h10-12H,3-9H2,1-2H3. The van der Waals surface area contributed by atoms with E-state index in [2.05, 4.69) is 18.7 Å². The van der Waals surface area contributed by atoms with Gasteiger partial charge in [-0.3, -0.25) is 4.90 Å². The summed E-state index contributed by atoms with van der Waals surface area (Å²) in [7, 11) is 0. The zero-order chi connectivity index (χ0) is 9.26.